The van der Waals surface area contributed by atoms with Gasteiger partial charge in [0.2, 0.25) is 0 Å². The summed E-state index contributed by atoms with van der Waals surface area (Å²) in [5.74, 6) is 0.988. The maximum Gasteiger partial charge on any atom is 0.138 e. The summed E-state index contributed by atoms with van der Waals surface area (Å²) in [6, 6.07) is 6.23. The van der Waals surface area contributed by atoms with Crippen molar-refractivity contribution < 1.29 is 4.74 Å². The molecule has 0 saturated heterocycles. The zero-order chi connectivity index (χ0) is 13.4. The molecule has 0 saturated carbocycles. The first-order valence-corrected chi connectivity index (χ1v) is 7.63. The highest BCUT2D eigenvalue weighted by molar-refractivity contribution is 9.10. The smallest absolute Gasteiger partial charge is 0.138 e. The van der Waals surface area contributed by atoms with E-state index in [-0.39, 0.29) is 6.10 Å². The molecule has 1 rings (SSSR count). The van der Waals surface area contributed by atoms with E-state index in [2.05, 4.69) is 54.2 Å². The van der Waals surface area contributed by atoms with E-state index in [1.54, 1.807) is 0 Å². The summed E-state index contributed by atoms with van der Waals surface area (Å²) in [4.78, 5) is 0. The van der Waals surface area contributed by atoms with Gasteiger partial charge in [-0.3, -0.25) is 0 Å². The Morgan fingerprint density at radius 3 is 2.72 bits per heavy atom. The van der Waals surface area contributed by atoms with Crippen LogP contribution in [0.3, 0.4) is 0 Å². The molecule has 1 aromatic carbocycles. The number of nitrogens with one attached hydrogen (secondary N) is 1. The van der Waals surface area contributed by atoms with Crippen molar-refractivity contribution >= 4 is 15.9 Å². The van der Waals surface area contributed by atoms with Crippen LogP contribution in [-0.4, -0.2) is 12.6 Å². The third-order valence-corrected chi connectivity index (χ3v) is 3.43. The molecule has 0 amide bonds. The molecule has 2 nitrogen and oxygen atoms in total. The molecule has 1 N–H and O–H groups in total. The van der Waals surface area contributed by atoms with Gasteiger partial charge in [-0.25, -0.2) is 0 Å². The summed E-state index contributed by atoms with van der Waals surface area (Å²) in [5.41, 5.74) is 1.22. The molecule has 0 aliphatic rings. The van der Waals surface area contributed by atoms with Crippen molar-refractivity contribution in [1.82, 2.24) is 5.32 Å². The van der Waals surface area contributed by atoms with Gasteiger partial charge in [0, 0.05) is 12.1 Å². The lowest BCUT2D eigenvalue weighted by atomic mass is 10.2. The minimum atomic E-state index is 0.263. The molecule has 0 heterocycles. The van der Waals surface area contributed by atoms with E-state index in [9.17, 15) is 0 Å². The Kier molecular flexibility index (Phi) is 7.36. The average molecular weight is 314 g/mol. The second-order valence-electron chi connectivity index (χ2n) is 4.62. The molecule has 0 radical (unpaired) electrons. The lowest BCUT2D eigenvalue weighted by Crippen LogP contribution is -2.17. The third-order valence-electron chi connectivity index (χ3n) is 2.80. The molecule has 0 bridgehead atoms. The largest absolute Gasteiger partial charge is 0.489 e. The molecule has 0 aromatic heterocycles. The van der Waals surface area contributed by atoms with E-state index in [0.717, 1.165) is 42.6 Å². The Morgan fingerprint density at radius 2 is 2.06 bits per heavy atom. The van der Waals surface area contributed by atoms with E-state index < -0.39 is 0 Å². The molecule has 1 atom stereocenters. The highest BCUT2D eigenvalue weighted by Crippen LogP contribution is 2.30. The Hall–Kier alpha value is -0.540. The molecule has 0 spiro atoms. The summed E-state index contributed by atoms with van der Waals surface area (Å²) in [6.07, 6.45) is 3.65. The monoisotopic (exact) mass is 313 g/mol. The predicted octanol–water partition coefficient (Wildman–Crippen LogP) is 4.52. The second-order valence-corrected chi connectivity index (χ2v) is 5.48. The van der Waals surface area contributed by atoms with Gasteiger partial charge in [-0.2, -0.15) is 0 Å². The Morgan fingerprint density at radius 1 is 1.28 bits per heavy atom. The molecular formula is C15H24BrNO. The Labute approximate surface area is 119 Å². The van der Waals surface area contributed by atoms with Crippen molar-refractivity contribution in [2.24, 2.45) is 0 Å². The number of halogens is 1. The van der Waals surface area contributed by atoms with Crippen LogP contribution in [0.25, 0.3) is 0 Å². The van der Waals surface area contributed by atoms with E-state index in [4.69, 9.17) is 4.74 Å². The number of ether oxygens (including phenoxy) is 1. The molecule has 0 aliphatic heterocycles. The van der Waals surface area contributed by atoms with Gasteiger partial charge in [-0.1, -0.05) is 32.4 Å². The second kappa shape index (κ2) is 8.54. The maximum atomic E-state index is 6.06. The zero-order valence-electron chi connectivity index (χ0n) is 11.6. The average Bonchev–Trinajstić information content (AvgIpc) is 2.34. The molecule has 1 unspecified atom stereocenters. The minimum Gasteiger partial charge on any atom is -0.489 e. The van der Waals surface area contributed by atoms with E-state index in [1.807, 2.05) is 6.07 Å². The zero-order valence-corrected chi connectivity index (χ0v) is 13.2. The first kappa shape index (κ1) is 15.5. The maximum absolute atomic E-state index is 6.06. The van der Waals surface area contributed by atoms with Crippen LogP contribution in [-0.2, 0) is 6.54 Å². The fraction of sp³-hybridized carbons (Fsp3) is 0.600. The van der Waals surface area contributed by atoms with Gasteiger partial charge in [0.15, 0.2) is 0 Å². The van der Waals surface area contributed by atoms with Gasteiger partial charge in [0.1, 0.15) is 5.75 Å². The first-order valence-electron chi connectivity index (χ1n) is 6.83. The van der Waals surface area contributed by atoms with Gasteiger partial charge < -0.3 is 10.1 Å². The van der Waals surface area contributed by atoms with Crippen LogP contribution < -0.4 is 10.1 Å². The summed E-state index contributed by atoms with van der Waals surface area (Å²) in [6.45, 7) is 8.39. The van der Waals surface area contributed by atoms with Crippen molar-refractivity contribution in [1.29, 1.82) is 0 Å². The van der Waals surface area contributed by atoms with Gasteiger partial charge in [-0.05, 0) is 48.3 Å². The van der Waals surface area contributed by atoms with Gasteiger partial charge in [-0.15, -0.1) is 0 Å². The highest BCUT2D eigenvalue weighted by atomic mass is 79.9. The molecule has 0 aliphatic carbocycles. The lowest BCUT2D eigenvalue weighted by molar-refractivity contribution is 0.206. The number of hydrogen-bond donors (Lipinski definition) is 1. The van der Waals surface area contributed by atoms with E-state index in [0.29, 0.717) is 0 Å². The van der Waals surface area contributed by atoms with Crippen LogP contribution in [0.1, 0.15) is 45.6 Å². The Balaban J connectivity index is 2.73. The number of hydrogen-bond acceptors (Lipinski definition) is 2. The van der Waals surface area contributed by atoms with Crippen LogP contribution in [0.15, 0.2) is 22.7 Å². The Bertz CT molecular complexity index is 354. The summed E-state index contributed by atoms with van der Waals surface area (Å²) >= 11 is 3.58. The predicted molar refractivity (Wildman–Crippen MR) is 81.1 cm³/mol. The van der Waals surface area contributed by atoms with Crippen LogP contribution in [0, 0.1) is 0 Å². The van der Waals surface area contributed by atoms with Crippen molar-refractivity contribution in [3.63, 3.8) is 0 Å². The first-order chi connectivity index (χ1) is 8.69. The van der Waals surface area contributed by atoms with Crippen molar-refractivity contribution in [2.75, 3.05) is 6.54 Å². The lowest BCUT2D eigenvalue weighted by Gasteiger charge is -2.18. The van der Waals surface area contributed by atoms with Crippen molar-refractivity contribution in [3.05, 3.63) is 28.2 Å². The van der Waals surface area contributed by atoms with E-state index >= 15 is 0 Å². The number of rotatable bonds is 8. The molecule has 102 valence electrons. The fourth-order valence-electron chi connectivity index (χ4n) is 1.89. The third kappa shape index (κ3) is 4.99. The van der Waals surface area contributed by atoms with Gasteiger partial charge in [0.05, 0.1) is 10.6 Å². The van der Waals surface area contributed by atoms with Crippen LogP contribution in [0.2, 0.25) is 0 Å². The van der Waals surface area contributed by atoms with Crippen LogP contribution in [0.4, 0.5) is 0 Å². The summed E-state index contributed by atoms with van der Waals surface area (Å²) < 4.78 is 7.10. The topological polar surface area (TPSA) is 21.3 Å². The molecular weight excluding hydrogens is 290 g/mol. The van der Waals surface area contributed by atoms with Gasteiger partial charge in [0.25, 0.3) is 0 Å². The highest BCUT2D eigenvalue weighted by Gasteiger charge is 2.11. The van der Waals surface area contributed by atoms with Gasteiger partial charge >= 0.3 is 0 Å². The molecule has 3 heteroatoms. The SMILES string of the molecule is CCCNCc1cccc(Br)c1OC(C)CCC. The minimum absolute atomic E-state index is 0.263. The fourth-order valence-corrected chi connectivity index (χ4v) is 2.39. The van der Waals surface area contributed by atoms with Crippen molar-refractivity contribution in [3.8, 4) is 5.75 Å². The molecule has 18 heavy (non-hydrogen) atoms. The standard InChI is InChI=1S/C15H24BrNO/c1-4-7-12(3)18-15-13(11-17-10-5-2)8-6-9-14(15)16/h6,8-9,12,17H,4-5,7,10-11H2,1-3H3. The van der Waals surface area contributed by atoms with Crippen LogP contribution >= 0.6 is 15.9 Å². The normalized spacial score (nSPS) is 12.4. The summed E-state index contributed by atoms with van der Waals surface area (Å²) in [5, 5.41) is 3.42. The van der Waals surface area contributed by atoms with Crippen molar-refractivity contribution in [2.45, 2.75) is 52.7 Å². The summed E-state index contributed by atoms with van der Waals surface area (Å²) in [7, 11) is 0. The molecule has 0 fully saturated rings. The number of benzene rings is 1. The van der Waals surface area contributed by atoms with Crippen LogP contribution in [0.5, 0.6) is 5.75 Å². The quantitative estimate of drug-likeness (QED) is 0.713. The molecule has 1 aromatic rings. The number of para-hydroxylation sites is 1. The van der Waals surface area contributed by atoms with E-state index in [1.165, 1.54) is 5.56 Å².